The molecule has 0 radical (unpaired) electrons. The van der Waals surface area contributed by atoms with Gasteiger partial charge in [-0.25, -0.2) is 9.67 Å². The van der Waals surface area contributed by atoms with Crippen LogP contribution < -0.4 is 10.2 Å². The first-order chi connectivity index (χ1) is 13.2. The van der Waals surface area contributed by atoms with Crippen molar-refractivity contribution >= 4 is 5.69 Å². The van der Waals surface area contributed by atoms with Crippen LogP contribution in [0.15, 0.2) is 61.2 Å². The van der Waals surface area contributed by atoms with Crippen molar-refractivity contribution in [2.45, 2.75) is 38.8 Å². The Morgan fingerprint density at radius 3 is 2.26 bits per heavy atom. The first-order valence-corrected chi connectivity index (χ1v) is 9.72. The molecule has 140 valence electrons. The summed E-state index contributed by atoms with van der Waals surface area (Å²) in [7, 11) is 0. The van der Waals surface area contributed by atoms with E-state index < -0.39 is 0 Å². The minimum Gasteiger partial charge on any atom is -0.371 e. The molecular weight excluding hydrogens is 334 g/mol. The van der Waals surface area contributed by atoms with Crippen molar-refractivity contribution in [1.82, 2.24) is 20.1 Å². The molecule has 0 aliphatic carbocycles. The molecule has 5 nitrogen and oxygen atoms in total. The van der Waals surface area contributed by atoms with E-state index in [1.807, 2.05) is 0 Å². The molecule has 1 aliphatic heterocycles. The van der Waals surface area contributed by atoms with E-state index in [9.17, 15) is 0 Å². The predicted molar refractivity (Wildman–Crippen MR) is 109 cm³/mol. The predicted octanol–water partition coefficient (Wildman–Crippen LogP) is 3.90. The summed E-state index contributed by atoms with van der Waals surface area (Å²) in [4.78, 5) is 6.50. The number of hydrogen-bond donors (Lipinski definition) is 1. The fourth-order valence-corrected chi connectivity index (χ4v) is 3.77. The molecule has 1 saturated heterocycles. The van der Waals surface area contributed by atoms with Crippen LogP contribution in [0.25, 0.3) is 5.69 Å². The second kappa shape index (κ2) is 7.92. The first kappa shape index (κ1) is 17.7. The van der Waals surface area contributed by atoms with E-state index in [4.69, 9.17) is 0 Å². The number of rotatable bonds is 5. The zero-order valence-electron chi connectivity index (χ0n) is 16.0. The molecule has 3 aromatic rings. The molecule has 5 heteroatoms. The number of benzene rings is 2. The molecule has 2 aromatic carbocycles. The summed E-state index contributed by atoms with van der Waals surface area (Å²) in [6, 6.07) is 18.3. The number of anilines is 1. The summed E-state index contributed by atoms with van der Waals surface area (Å²) in [6.07, 6.45) is 5.63. The molecule has 0 bridgehead atoms. The highest BCUT2D eigenvalue weighted by Gasteiger charge is 2.21. The van der Waals surface area contributed by atoms with Gasteiger partial charge in [-0.05, 0) is 56.5 Å². The quantitative estimate of drug-likeness (QED) is 0.749. The summed E-state index contributed by atoms with van der Waals surface area (Å²) < 4.78 is 1.78. The summed E-state index contributed by atoms with van der Waals surface area (Å²) in [6.45, 7) is 6.61. The number of nitrogens with zero attached hydrogens (tertiary/aromatic N) is 4. The van der Waals surface area contributed by atoms with Crippen molar-refractivity contribution in [3.63, 3.8) is 0 Å². The molecular formula is C22H27N5. The van der Waals surface area contributed by atoms with Gasteiger partial charge in [-0.3, -0.25) is 0 Å². The van der Waals surface area contributed by atoms with Gasteiger partial charge in [0.05, 0.1) is 5.69 Å². The Hall–Kier alpha value is -2.66. The third-order valence-corrected chi connectivity index (χ3v) is 5.46. The third-order valence-electron chi connectivity index (χ3n) is 5.46. The number of piperidine rings is 1. The Morgan fingerprint density at radius 1 is 0.963 bits per heavy atom. The average molecular weight is 361 g/mol. The highest BCUT2D eigenvalue weighted by atomic mass is 15.3. The van der Waals surface area contributed by atoms with E-state index in [-0.39, 0.29) is 0 Å². The van der Waals surface area contributed by atoms with E-state index >= 15 is 0 Å². The lowest BCUT2D eigenvalue weighted by atomic mass is 10.0. The van der Waals surface area contributed by atoms with Crippen LogP contribution in [0.3, 0.4) is 0 Å². The number of hydrogen-bond acceptors (Lipinski definition) is 4. The van der Waals surface area contributed by atoms with Crippen LogP contribution in [-0.4, -0.2) is 33.9 Å². The Kier molecular flexibility index (Phi) is 5.21. The van der Waals surface area contributed by atoms with Crippen LogP contribution >= 0.6 is 0 Å². The molecule has 0 saturated carbocycles. The second-order valence-corrected chi connectivity index (χ2v) is 7.42. The third kappa shape index (κ3) is 4.19. The van der Waals surface area contributed by atoms with Gasteiger partial charge in [-0.2, -0.15) is 5.10 Å². The lowest BCUT2D eigenvalue weighted by molar-refractivity contribution is 0.381. The lowest BCUT2D eigenvalue weighted by Crippen LogP contribution is -2.43. The number of aromatic nitrogens is 3. The van der Waals surface area contributed by atoms with Crippen LogP contribution in [0.4, 0.5) is 5.69 Å². The zero-order chi connectivity index (χ0) is 18.6. The van der Waals surface area contributed by atoms with Crippen molar-refractivity contribution in [2.75, 3.05) is 18.0 Å². The SMILES string of the molecule is Cc1ccc(N2CCC(NC(C)c3ccc(-n4cncn4)cc3)CC2)cc1. The van der Waals surface area contributed by atoms with Gasteiger partial charge in [0.15, 0.2) is 0 Å². The average Bonchev–Trinajstić information content (AvgIpc) is 3.24. The van der Waals surface area contributed by atoms with E-state index in [2.05, 4.69) is 82.7 Å². The molecule has 4 rings (SSSR count). The first-order valence-electron chi connectivity index (χ1n) is 9.72. The molecule has 1 aromatic heterocycles. The van der Waals surface area contributed by atoms with Gasteiger partial charge in [0, 0.05) is 30.9 Å². The van der Waals surface area contributed by atoms with E-state index in [1.165, 1.54) is 29.7 Å². The molecule has 1 atom stereocenters. The van der Waals surface area contributed by atoms with Crippen LogP contribution in [0.5, 0.6) is 0 Å². The van der Waals surface area contributed by atoms with Gasteiger partial charge >= 0.3 is 0 Å². The standard InChI is InChI=1S/C22H27N5/c1-17-3-7-21(8-4-17)26-13-11-20(12-14-26)25-18(2)19-5-9-22(10-6-19)27-16-23-15-24-27/h3-10,15-16,18,20,25H,11-14H2,1-2H3. The maximum Gasteiger partial charge on any atom is 0.138 e. The highest BCUT2D eigenvalue weighted by molar-refractivity contribution is 5.47. The van der Waals surface area contributed by atoms with Crippen LogP contribution in [0.1, 0.15) is 36.9 Å². The summed E-state index contributed by atoms with van der Waals surface area (Å²) >= 11 is 0. The zero-order valence-corrected chi connectivity index (χ0v) is 16.0. The summed E-state index contributed by atoms with van der Waals surface area (Å²) in [5.41, 5.74) is 5.00. The van der Waals surface area contributed by atoms with Crippen LogP contribution in [-0.2, 0) is 0 Å². The lowest BCUT2D eigenvalue weighted by Gasteiger charge is -2.35. The second-order valence-electron chi connectivity index (χ2n) is 7.42. The van der Waals surface area contributed by atoms with Gasteiger partial charge in [0.1, 0.15) is 12.7 Å². The highest BCUT2D eigenvalue weighted by Crippen LogP contribution is 2.23. The Bertz CT molecular complexity index is 831. The normalized spacial score (nSPS) is 16.4. The van der Waals surface area contributed by atoms with Gasteiger partial charge in [0.25, 0.3) is 0 Å². The molecule has 1 fully saturated rings. The largest absolute Gasteiger partial charge is 0.371 e. The van der Waals surface area contributed by atoms with Gasteiger partial charge < -0.3 is 10.2 Å². The topological polar surface area (TPSA) is 46.0 Å². The molecule has 0 amide bonds. The molecule has 1 N–H and O–H groups in total. The van der Waals surface area contributed by atoms with Gasteiger partial charge in [-0.1, -0.05) is 29.8 Å². The van der Waals surface area contributed by atoms with Crippen molar-refractivity contribution < 1.29 is 0 Å². The van der Waals surface area contributed by atoms with E-state index in [0.29, 0.717) is 12.1 Å². The van der Waals surface area contributed by atoms with Crippen LogP contribution in [0, 0.1) is 6.92 Å². The monoisotopic (exact) mass is 361 g/mol. The maximum absolute atomic E-state index is 4.18. The van der Waals surface area contributed by atoms with Gasteiger partial charge in [-0.15, -0.1) is 0 Å². The van der Waals surface area contributed by atoms with Gasteiger partial charge in [0.2, 0.25) is 0 Å². The molecule has 1 aliphatic rings. The van der Waals surface area contributed by atoms with Crippen molar-refractivity contribution in [1.29, 1.82) is 0 Å². The molecule has 27 heavy (non-hydrogen) atoms. The van der Waals surface area contributed by atoms with Crippen LogP contribution in [0.2, 0.25) is 0 Å². The number of nitrogens with one attached hydrogen (secondary N) is 1. The van der Waals surface area contributed by atoms with E-state index in [0.717, 1.165) is 18.8 Å². The maximum atomic E-state index is 4.18. The van der Waals surface area contributed by atoms with Crippen molar-refractivity contribution in [3.05, 3.63) is 72.3 Å². The summed E-state index contributed by atoms with van der Waals surface area (Å²) in [5, 5.41) is 7.99. The number of aryl methyl sites for hydroxylation is 1. The smallest absolute Gasteiger partial charge is 0.138 e. The summed E-state index contributed by atoms with van der Waals surface area (Å²) in [5.74, 6) is 0. The molecule has 2 heterocycles. The van der Waals surface area contributed by atoms with Crippen molar-refractivity contribution in [3.8, 4) is 5.69 Å². The molecule has 0 spiro atoms. The fourth-order valence-electron chi connectivity index (χ4n) is 3.77. The Morgan fingerprint density at radius 2 is 1.63 bits per heavy atom. The molecule has 1 unspecified atom stereocenters. The minimum absolute atomic E-state index is 0.339. The fraction of sp³-hybridized carbons (Fsp3) is 0.364. The minimum atomic E-state index is 0.339. The van der Waals surface area contributed by atoms with Crippen molar-refractivity contribution in [2.24, 2.45) is 0 Å². The van der Waals surface area contributed by atoms with E-state index in [1.54, 1.807) is 17.3 Å². The Labute approximate surface area is 161 Å². The Balaban J connectivity index is 1.31.